The second-order valence-corrected chi connectivity index (χ2v) is 5.60. The molecule has 1 heterocycles. The topological polar surface area (TPSA) is 94.3 Å². The molecule has 0 fully saturated rings. The van der Waals surface area contributed by atoms with Gasteiger partial charge >= 0.3 is 5.97 Å². The van der Waals surface area contributed by atoms with E-state index in [2.05, 4.69) is 15.0 Å². The lowest BCUT2D eigenvalue weighted by Crippen LogP contribution is -2.39. The second kappa shape index (κ2) is 7.15. The molecule has 6 nitrogen and oxygen atoms in total. The fourth-order valence-corrected chi connectivity index (χ4v) is 2.59. The number of aromatic nitrogens is 1. The number of nitrogens with one attached hydrogen (secondary N) is 1. The van der Waals surface area contributed by atoms with Crippen LogP contribution < -0.4 is 11.1 Å². The fourth-order valence-electron chi connectivity index (χ4n) is 1.91. The smallest absolute Gasteiger partial charge is 0.357 e. The Labute approximate surface area is 132 Å². The van der Waals surface area contributed by atoms with E-state index < -0.39 is 12.0 Å². The summed E-state index contributed by atoms with van der Waals surface area (Å²) in [5.41, 5.74) is 7.15. The van der Waals surface area contributed by atoms with Crippen LogP contribution in [-0.2, 0) is 9.53 Å². The molecule has 1 aromatic heterocycles. The van der Waals surface area contributed by atoms with Crippen molar-refractivity contribution >= 4 is 28.3 Å². The van der Waals surface area contributed by atoms with Gasteiger partial charge in [0, 0.05) is 11.3 Å². The summed E-state index contributed by atoms with van der Waals surface area (Å²) in [6.45, 7) is 1.89. The third-order valence-electron chi connectivity index (χ3n) is 3.30. The first kappa shape index (κ1) is 16.1. The van der Waals surface area contributed by atoms with Gasteiger partial charge in [0.2, 0.25) is 5.91 Å². The van der Waals surface area contributed by atoms with E-state index in [-0.39, 0.29) is 17.5 Å². The molecule has 116 valence electrons. The van der Waals surface area contributed by atoms with E-state index in [0.29, 0.717) is 5.13 Å². The average Bonchev–Trinajstić information content (AvgIpc) is 3.01. The number of anilines is 1. The van der Waals surface area contributed by atoms with E-state index in [9.17, 15) is 9.59 Å². The molecule has 0 saturated heterocycles. The number of amides is 1. The standard InChI is InChI=1S/C15H17N3O3S/c1-9(10-6-4-3-5-7-10)12(16)13(19)18-15-17-11(8-22-15)14(20)21-2/h3-9,12H,16H2,1-2H3,(H,17,18,19). The van der Waals surface area contributed by atoms with Crippen LogP contribution in [0.5, 0.6) is 0 Å². The molecule has 0 spiro atoms. The van der Waals surface area contributed by atoms with Gasteiger partial charge in [-0.15, -0.1) is 11.3 Å². The van der Waals surface area contributed by atoms with Gasteiger partial charge in [0.25, 0.3) is 0 Å². The molecule has 0 aliphatic carbocycles. The van der Waals surface area contributed by atoms with Crippen LogP contribution in [-0.4, -0.2) is 30.0 Å². The minimum Gasteiger partial charge on any atom is -0.464 e. The predicted octanol–water partition coefficient (Wildman–Crippen LogP) is 2.00. The molecule has 2 unspecified atom stereocenters. The minimum absolute atomic E-state index is 0.138. The van der Waals surface area contributed by atoms with Gasteiger partial charge in [-0.2, -0.15) is 0 Å². The van der Waals surface area contributed by atoms with E-state index >= 15 is 0 Å². The van der Waals surface area contributed by atoms with Crippen LogP contribution in [0.15, 0.2) is 35.7 Å². The number of hydrogen-bond acceptors (Lipinski definition) is 6. The summed E-state index contributed by atoms with van der Waals surface area (Å²) in [4.78, 5) is 27.5. The fraction of sp³-hybridized carbons (Fsp3) is 0.267. The Balaban J connectivity index is 2.02. The van der Waals surface area contributed by atoms with Crippen molar-refractivity contribution in [1.82, 2.24) is 4.98 Å². The molecule has 2 rings (SSSR count). The van der Waals surface area contributed by atoms with Crippen molar-refractivity contribution in [2.45, 2.75) is 18.9 Å². The molecule has 0 radical (unpaired) electrons. The van der Waals surface area contributed by atoms with Crippen molar-refractivity contribution < 1.29 is 14.3 Å². The Morgan fingerprint density at radius 3 is 2.64 bits per heavy atom. The van der Waals surface area contributed by atoms with Crippen molar-refractivity contribution in [3.8, 4) is 0 Å². The summed E-state index contributed by atoms with van der Waals surface area (Å²) in [5, 5.41) is 4.47. The van der Waals surface area contributed by atoms with Crippen molar-refractivity contribution in [2.75, 3.05) is 12.4 Å². The molecule has 22 heavy (non-hydrogen) atoms. The highest BCUT2D eigenvalue weighted by molar-refractivity contribution is 7.14. The third kappa shape index (κ3) is 3.69. The number of ether oxygens (including phenoxy) is 1. The molecule has 2 aromatic rings. The van der Waals surface area contributed by atoms with Gasteiger partial charge < -0.3 is 15.8 Å². The van der Waals surface area contributed by atoms with Crippen molar-refractivity contribution in [2.24, 2.45) is 5.73 Å². The van der Waals surface area contributed by atoms with E-state index in [1.165, 1.54) is 12.5 Å². The van der Waals surface area contributed by atoms with E-state index in [1.807, 2.05) is 37.3 Å². The summed E-state index contributed by atoms with van der Waals surface area (Å²) in [6.07, 6.45) is 0. The quantitative estimate of drug-likeness (QED) is 0.822. The molecule has 7 heteroatoms. The van der Waals surface area contributed by atoms with Gasteiger partial charge in [0.1, 0.15) is 0 Å². The van der Waals surface area contributed by atoms with Crippen molar-refractivity contribution in [3.63, 3.8) is 0 Å². The van der Waals surface area contributed by atoms with E-state index in [0.717, 1.165) is 16.9 Å². The third-order valence-corrected chi connectivity index (χ3v) is 4.05. The first-order valence-electron chi connectivity index (χ1n) is 6.68. The van der Waals surface area contributed by atoms with Gasteiger partial charge in [-0.25, -0.2) is 9.78 Å². The molecule has 1 aromatic carbocycles. The number of carbonyl (C=O) groups excluding carboxylic acids is 2. The largest absolute Gasteiger partial charge is 0.464 e. The molecule has 0 aliphatic rings. The SMILES string of the molecule is COC(=O)c1csc(NC(=O)C(N)C(C)c2ccccc2)n1. The summed E-state index contributed by atoms with van der Waals surface area (Å²) in [6, 6.07) is 8.85. The lowest BCUT2D eigenvalue weighted by molar-refractivity contribution is -0.117. The molecular weight excluding hydrogens is 302 g/mol. The van der Waals surface area contributed by atoms with Crippen LogP contribution in [0.3, 0.4) is 0 Å². The average molecular weight is 319 g/mol. The van der Waals surface area contributed by atoms with E-state index in [4.69, 9.17) is 5.73 Å². The maximum absolute atomic E-state index is 12.2. The Bertz CT molecular complexity index is 657. The summed E-state index contributed by atoms with van der Waals surface area (Å²) >= 11 is 1.15. The van der Waals surface area contributed by atoms with Crippen LogP contribution in [0.4, 0.5) is 5.13 Å². The number of hydrogen-bond donors (Lipinski definition) is 2. The van der Waals surface area contributed by atoms with Crippen LogP contribution in [0.2, 0.25) is 0 Å². The Hall–Kier alpha value is -2.25. The maximum Gasteiger partial charge on any atom is 0.357 e. The number of esters is 1. The zero-order valence-corrected chi connectivity index (χ0v) is 13.1. The maximum atomic E-state index is 12.2. The molecule has 0 aliphatic heterocycles. The number of nitrogens with zero attached hydrogens (tertiary/aromatic N) is 1. The Morgan fingerprint density at radius 1 is 1.32 bits per heavy atom. The first-order valence-corrected chi connectivity index (χ1v) is 7.56. The lowest BCUT2D eigenvalue weighted by atomic mass is 9.93. The van der Waals surface area contributed by atoms with Crippen molar-refractivity contribution in [3.05, 3.63) is 47.0 Å². The van der Waals surface area contributed by atoms with Gasteiger partial charge in [-0.1, -0.05) is 37.3 Å². The summed E-state index contributed by atoms with van der Waals surface area (Å²) < 4.78 is 4.57. The number of benzene rings is 1. The molecule has 0 bridgehead atoms. The Morgan fingerprint density at radius 2 is 2.00 bits per heavy atom. The highest BCUT2D eigenvalue weighted by atomic mass is 32.1. The van der Waals surface area contributed by atoms with Crippen LogP contribution in [0.25, 0.3) is 0 Å². The summed E-state index contributed by atoms with van der Waals surface area (Å²) in [7, 11) is 1.28. The normalized spacial score (nSPS) is 13.2. The van der Waals surface area contributed by atoms with Gasteiger partial charge in [0.05, 0.1) is 13.2 Å². The van der Waals surface area contributed by atoms with Crippen LogP contribution in [0, 0.1) is 0 Å². The highest BCUT2D eigenvalue weighted by Crippen LogP contribution is 2.20. The molecule has 1 amide bonds. The van der Waals surface area contributed by atoms with Gasteiger partial charge in [-0.3, -0.25) is 4.79 Å². The zero-order chi connectivity index (χ0) is 16.1. The second-order valence-electron chi connectivity index (χ2n) is 4.74. The van der Waals surface area contributed by atoms with Gasteiger partial charge in [-0.05, 0) is 5.56 Å². The van der Waals surface area contributed by atoms with Crippen LogP contribution >= 0.6 is 11.3 Å². The number of methoxy groups -OCH3 is 1. The first-order chi connectivity index (χ1) is 10.5. The number of thiazole rings is 1. The van der Waals surface area contributed by atoms with Crippen molar-refractivity contribution in [1.29, 1.82) is 0 Å². The molecule has 0 saturated carbocycles. The number of carbonyl (C=O) groups is 2. The molecular formula is C15H17N3O3S. The van der Waals surface area contributed by atoms with E-state index in [1.54, 1.807) is 0 Å². The Kier molecular flexibility index (Phi) is 5.24. The zero-order valence-electron chi connectivity index (χ0n) is 12.3. The highest BCUT2D eigenvalue weighted by Gasteiger charge is 2.23. The molecule has 3 N–H and O–H groups in total. The lowest BCUT2D eigenvalue weighted by Gasteiger charge is -2.19. The van der Waals surface area contributed by atoms with Gasteiger partial charge in [0.15, 0.2) is 10.8 Å². The number of nitrogens with two attached hydrogens (primary N) is 1. The minimum atomic E-state index is -0.715. The monoisotopic (exact) mass is 319 g/mol. The number of rotatable bonds is 5. The van der Waals surface area contributed by atoms with Crippen LogP contribution in [0.1, 0.15) is 28.9 Å². The molecule has 2 atom stereocenters. The predicted molar refractivity (Wildman–Crippen MR) is 84.9 cm³/mol. The summed E-state index contributed by atoms with van der Waals surface area (Å²) in [5.74, 6) is -1.03.